The highest BCUT2D eigenvalue weighted by Crippen LogP contribution is 2.37. The van der Waals surface area contributed by atoms with Crippen molar-refractivity contribution in [2.24, 2.45) is 5.92 Å². The maximum absolute atomic E-state index is 11.5. The predicted octanol–water partition coefficient (Wildman–Crippen LogP) is 3.82. The van der Waals surface area contributed by atoms with Crippen LogP contribution in [0.4, 0.5) is 0 Å². The fourth-order valence-electron chi connectivity index (χ4n) is 3.59. The van der Waals surface area contributed by atoms with Gasteiger partial charge in [0, 0.05) is 24.8 Å². The van der Waals surface area contributed by atoms with E-state index < -0.39 is 5.79 Å². The Morgan fingerprint density at radius 1 is 1.14 bits per heavy atom. The summed E-state index contributed by atoms with van der Waals surface area (Å²) >= 11 is 0. The van der Waals surface area contributed by atoms with Gasteiger partial charge in [-0.15, -0.1) is 0 Å². The summed E-state index contributed by atoms with van der Waals surface area (Å²) < 4.78 is 11.9. The lowest BCUT2D eigenvalue weighted by molar-refractivity contribution is -0.172. The first-order chi connectivity index (χ1) is 10.3. The molecule has 1 atom stereocenters. The number of hydrogen-bond acceptors (Lipinski definition) is 3. The van der Waals surface area contributed by atoms with E-state index in [9.17, 15) is 4.79 Å². The lowest BCUT2D eigenvalue weighted by Gasteiger charge is -2.29. The first-order valence-corrected chi connectivity index (χ1v) is 8.14. The van der Waals surface area contributed by atoms with Gasteiger partial charge in [0.1, 0.15) is 5.78 Å². The highest BCUT2D eigenvalue weighted by atomic mass is 16.7. The van der Waals surface area contributed by atoms with Crippen molar-refractivity contribution in [2.75, 3.05) is 13.2 Å². The van der Waals surface area contributed by atoms with Crippen LogP contribution in [-0.2, 0) is 20.1 Å². The fourth-order valence-corrected chi connectivity index (χ4v) is 3.59. The smallest absolute Gasteiger partial charge is 0.194 e. The van der Waals surface area contributed by atoms with Gasteiger partial charge in [0.2, 0.25) is 0 Å². The summed E-state index contributed by atoms with van der Waals surface area (Å²) in [6.45, 7) is 1.33. The molecule has 0 aromatic heterocycles. The van der Waals surface area contributed by atoms with Crippen LogP contribution in [0.3, 0.4) is 0 Å². The summed E-state index contributed by atoms with van der Waals surface area (Å²) in [6, 6.07) is 10.2. The van der Waals surface area contributed by atoms with E-state index in [1.54, 1.807) is 0 Å². The number of carbonyl (C=O) groups is 1. The molecule has 1 saturated carbocycles. The third kappa shape index (κ3) is 3.53. The van der Waals surface area contributed by atoms with Gasteiger partial charge >= 0.3 is 0 Å². The van der Waals surface area contributed by atoms with E-state index in [1.807, 2.05) is 18.2 Å². The average molecular weight is 288 g/mol. The second-order valence-electron chi connectivity index (χ2n) is 6.21. The van der Waals surface area contributed by atoms with Crippen LogP contribution >= 0.6 is 0 Å². The van der Waals surface area contributed by atoms with Gasteiger partial charge in [0.15, 0.2) is 5.79 Å². The summed E-state index contributed by atoms with van der Waals surface area (Å²) in [5.41, 5.74) is 1.11. The number of benzene rings is 1. The topological polar surface area (TPSA) is 35.5 Å². The number of rotatable bonds is 5. The molecule has 3 heteroatoms. The lowest BCUT2D eigenvalue weighted by atomic mass is 9.84. The Morgan fingerprint density at radius 2 is 1.90 bits per heavy atom. The van der Waals surface area contributed by atoms with Gasteiger partial charge in [-0.2, -0.15) is 0 Å². The molecule has 0 spiro atoms. The summed E-state index contributed by atoms with van der Waals surface area (Å²) in [7, 11) is 0. The second kappa shape index (κ2) is 6.71. The first-order valence-electron chi connectivity index (χ1n) is 8.14. The monoisotopic (exact) mass is 288 g/mol. The van der Waals surface area contributed by atoms with Crippen molar-refractivity contribution in [3.63, 3.8) is 0 Å². The largest absolute Gasteiger partial charge is 0.343 e. The minimum atomic E-state index is -0.556. The Morgan fingerprint density at radius 3 is 2.62 bits per heavy atom. The summed E-state index contributed by atoms with van der Waals surface area (Å²) in [4.78, 5) is 11.5. The molecule has 1 aliphatic heterocycles. The first kappa shape index (κ1) is 14.7. The standard InChI is InChI=1S/C18H24O3/c19-17-10-4-6-15(14-17)7-5-11-18(20-12-13-21-18)16-8-2-1-3-9-16/h1-3,8-9,15H,4-7,10-14H2. The van der Waals surface area contributed by atoms with E-state index in [0.29, 0.717) is 24.9 Å². The quantitative estimate of drug-likeness (QED) is 0.826. The Balaban J connectivity index is 1.57. The molecule has 21 heavy (non-hydrogen) atoms. The highest BCUT2D eigenvalue weighted by Gasteiger charge is 2.38. The Bertz CT molecular complexity index is 463. The number of hydrogen-bond donors (Lipinski definition) is 0. The molecule has 2 aliphatic rings. The minimum absolute atomic E-state index is 0.442. The van der Waals surface area contributed by atoms with Gasteiger partial charge in [-0.3, -0.25) is 4.79 Å². The molecule has 1 aromatic carbocycles. The van der Waals surface area contributed by atoms with Gasteiger partial charge in [0.25, 0.3) is 0 Å². The molecule has 114 valence electrons. The fraction of sp³-hybridized carbons (Fsp3) is 0.611. The van der Waals surface area contributed by atoms with Crippen LogP contribution in [0.2, 0.25) is 0 Å². The lowest BCUT2D eigenvalue weighted by Crippen LogP contribution is -2.27. The maximum Gasteiger partial charge on any atom is 0.194 e. The van der Waals surface area contributed by atoms with E-state index in [0.717, 1.165) is 44.1 Å². The van der Waals surface area contributed by atoms with E-state index >= 15 is 0 Å². The zero-order valence-corrected chi connectivity index (χ0v) is 12.6. The molecular weight excluding hydrogens is 264 g/mol. The van der Waals surface area contributed by atoms with Crippen molar-refractivity contribution in [3.05, 3.63) is 35.9 Å². The molecule has 0 bridgehead atoms. The van der Waals surface area contributed by atoms with Crippen LogP contribution in [0.25, 0.3) is 0 Å². The number of ketones is 1. The number of ether oxygens (including phenoxy) is 2. The third-order valence-electron chi connectivity index (χ3n) is 4.67. The number of Topliss-reactive ketones (excluding diaryl/α,β-unsaturated/α-hetero) is 1. The molecule has 0 N–H and O–H groups in total. The normalized spacial score (nSPS) is 25.1. The van der Waals surface area contributed by atoms with E-state index in [2.05, 4.69) is 12.1 Å². The van der Waals surface area contributed by atoms with Gasteiger partial charge in [-0.1, -0.05) is 30.3 Å². The zero-order chi connectivity index (χ0) is 14.5. The van der Waals surface area contributed by atoms with E-state index in [1.165, 1.54) is 6.42 Å². The van der Waals surface area contributed by atoms with Gasteiger partial charge < -0.3 is 9.47 Å². The van der Waals surface area contributed by atoms with Gasteiger partial charge in [-0.05, 0) is 31.6 Å². The summed E-state index contributed by atoms with van der Waals surface area (Å²) in [6.07, 6.45) is 6.87. The van der Waals surface area contributed by atoms with Crippen molar-refractivity contribution in [3.8, 4) is 0 Å². The van der Waals surface area contributed by atoms with Crippen molar-refractivity contribution in [2.45, 2.75) is 50.7 Å². The molecule has 3 nitrogen and oxygen atoms in total. The highest BCUT2D eigenvalue weighted by molar-refractivity contribution is 5.79. The Kier molecular flexibility index (Phi) is 4.71. The van der Waals surface area contributed by atoms with Crippen molar-refractivity contribution >= 4 is 5.78 Å². The van der Waals surface area contributed by atoms with Crippen LogP contribution < -0.4 is 0 Å². The zero-order valence-electron chi connectivity index (χ0n) is 12.6. The van der Waals surface area contributed by atoms with Crippen LogP contribution in [0.15, 0.2) is 30.3 Å². The Hall–Kier alpha value is -1.19. The molecule has 0 radical (unpaired) electrons. The predicted molar refractivity (Wildman–Crippen MR) is 80.8 cm³/mol. The third-order valence-corrected chi connectivity index (χ3v) is 4.67. The van der Waals surface area contributed by atoms with Crippen LogP contribution in [0.1, 0.15) is 50.5 Å². The maximum atomic E-state index is 11.5. The van der Waals surface area contributed by atoms with Crippen molar-refractivity contribution in [1.29, 1.82) is 0 Å². The molecule has 0 amide bonds. The molecular formula is C18H24O3. The molecule has 1 unspecified atom stereocenters. The van der Waals surface area contributed by atoms with Gasteiger partial charge in [0.05, 0.1) is 13.2 Å². The van der Waals surface area contributed by atoms with Gasteiger partial charge in [-0.25, -0.2) is 0 Å². The van der Waals surface area contributed by atoms with Crippen molar-refractivity contribution < 1.29 is 14.3 Å². The van der Waals surface area contributed by atoms with E-state index in [4.69, 9.17) is 9.47 Å². The van der Waals surface area contributed by atoms with Crippen LogP contribution in [0.5, 0.6) is 0 Å². The van der Waals surface area contributed by atoms with Crippen molar-refractivity contribution in [1.82, 2.24) is 0 Å². The molecule has 1 aliphatic carbocycles. The molecule has 2 fully saturated rings. The number of carbonyl (C=O) groups excluding carboxylic acids is 1. The molecule has 1 heterocycles. The van der Waals surface area contributed by atoms with Crippen LogP contribution in [-0.4, -0.2) is 19.0 Å². The SMILES string of the molecule is O=C1CCCC(CCCC2(c3ccccc3)OCCO2)C1. The molecule has 1 aromatic rings. The molecule has 1 saturated heterocycles. The average Bonchev–Trinajstić information content (AvgIpc) is 2.98. The Labute approximate surface area is 126 Å². The van der Waals surface area contributed by atoms with Crippen LogP contribution in [0, 0.1) is 5.92 Å². The van der Waals surface area contributed by atoms with E-state index in [-0.39, 0.29) is 0 Å². The summed E-state index contributed by atoms with van der Waals surface area (Å²) in [5, 5.41) is 0. The minimum Gasteiger partial charge on any atom is -0.343 e. The second-order valence-corrected chi connectivity index (χ2v) is 6.21. The summed E-state index contributed by atoms with van der Waals surface area (Å²) in [5.74, 6) is 0.456. The molecule has 3 rings (SSSR count).